The van der Waals surface area contributed by atoms with Crippen LogP contribution in [0.4, 0.5) is 5.69 Å². The van der Waals surface area contributed by atoms with Crippen molar-refractivity contribution in [1.82, 2.24) is 4.90 Å². The van der Waals surface area contributed by atoms with E-state index in [1.165, 1.54) is 0 Å². The minimum absolute atomic E-state index is 0.152. The van der Waals surface area contributed by atoms with E-state index < -0.39 is 10.0 Å². The first-order chi connectivity index (χ1) is 12.2. The average Bonchev–Trinajstić information content (AvgIpc) is 2.59. The Morgan fingerprint density at radius 1 is 1.12 bits per heavy atom. The normalized spacial score (nSPS) is 11.0. The standard InChI is InChI=1S/C20H24N2O3S/c1-5-22(14-15(2)3)20(23)18-8-6-7-9-19(18)21-26(24,25)17-12-10-16(4)11-13-17/h6-13,21H,2,5,14H2,1,3-4H3. The predicted octanol–water partition coefficient (Wildman–Crippen LogP) is 3.83. The van der Waals surface area contributed by atoms with E-state index in [0.29, 0.717) is 18.7 Å². The van der Waals surface area contributed by atoms with E-state index in [1.807, 2.05) is 20.8 Å². The first-order valence-electron chi connectivity index (χ1n) is 8.36. The van der Waals surface area contributed by atoms with Gasteiger partial charge in [-0.05, 0) is 45.0 Å². The van der Waals surface area contributed by atoms with Crippen LogP contribution in [0.1, 0.15) is 29.8 Å². The fourth-order valence-electron chi connectivity index (χ4n) is 2.50. The number of aryl methyl sites for hydroxylation is 1. The van der Waals surface area contributed by atoms with Gasteiger partial charge in [-0.3, -0.25) is 9.52 Å². The first-order valence-corrected chi connectivity index (χ1v) is 9.85. The maximum absolute atomic E-state index is 12.8. The van der Waals surface area contributed by atoms with Crippen molar-refractivity contribution >= 4 is 21.6 Å². The summed E-state index contributed by atoms with van der Waals surface area (Å²) in [6, 6.07) is 13.2. The molecule has 26 heavy (non-hydrogen) atoms. The van der Waals surface area contributed by atoms with Crippen LogP contribution in [-0.4, -0.2) is 32.3 Å². The lowest BCUT2D eigenvalue weighted by atomic mass is 10.1. The number of carbonyl (C=O) groups is 1. The van der Waals surface area contributed by atoms with Crippen LogP contribution in [0.2, 0.25) is 0 Å². The molecule has 0 unspecified atom stereocenters. The summed E-state index contributed by atoms with van der Waals surface area (Å²) in [6.07, 6.45) is 0. The Labute approximate surface area is 155 Å². The quantitative estimate of drug-likeness (QED) is 0.751. The molecule has 2 aromatic rings. The summed E-state index contributed by atoms with van der Waals surface area (Å²) < 4.78 is 27.8. The minimum atomic E-state index is -3.78. The Bertz CT molecular complexity index is 903. The summed E-state index contributed by atoms with van der Waals surface area (Å²) in [4.78, 5) is 14.6. The molecule has 2 aromatic carbocycles. The Hall–Kier alpha value is -2.60. The number of anilines is 1. The molecule has 138 valence electrons. The summed E-state index contributed by atoms with van der Waals surface area (Å²) in [7, 11) is -3.78. The molecule has 0 bridgehead atoms. The number of nitrogens with zero attached hydrogens (tertiary/aromatic N) is 1. The third-order valence-electron chi connectivity index (χ3n) is 3.86. The van der Waals surface area contributed by atoms with Gasteiger partial charge < -0.3 is 4.90 Å². The van der Waals surface area contributed by atoms with Gasteiger partial charge in [0.1, 0.15) is 0 Å². The Morgan fingerprint density at radius 3 is 2.31 bits per heavy atom. The Balaban J connectivity index is 2.35. The minimum Gasteiger partial charge on any atom is -0.335 e. The molecule has 0 heterocycles. The second-order valence-corrected chi connectivity index (χ2v) is 7.92. The molecule has 0 aliphatic carbocycles. The maximum atomic E-state index is 12.8. The summed E-state index contributed by atoms with van der Waals surface area (Å²) in [6.45, 7) is 10.4. The number of benzene rings is 2. The van der Waals surface area contributed by atoms with Crippen LogP contribution < -0.4 is 4.72 Å². The number of para-hydroxylation sites is 1. The van der Waals surface area contributed by atoms with E-state index in [1.54, 1.807) is 53.4 Å². The van der Waals surface area contributed by atoms with Crippen molar-refractivity contribution < 1.29 is 13.2 Å². The highest BCUT2D eigenvalue weighted by molar-refractivity contribution is 7.92. The third kappa shape index (κ3) is 4.73. The van der Waals surface area contributed by atoms with Gasteiger partial charge in [0.25, 0.3) is 15.9 Å². The molecule has 0 spiro atoms. The highest BCUT2D eigenvalue weighted by atomic mass is 32.2. The van der Waals surface area contributed by atoms with E-state index in [9.17, 15) is 13.2 Å². The zero-order valence-corrected chi connectivity index (χ0v) is 16.1. The number of sulfonamides is 1. The number of carbonyl (C=O) groups excluding carboxylic acids is 1. The van der Waals surface area contributed by atoms with Gasteiger partial charge in [0.15, 0.2) is 0 Å². The zero-order chi connectivity index (χ0) is 19.3. The molecule has 6 heteroatoms. The molecule has 0 saturated heterocycles. The van der Waals surface area contributed by atoms with Gasteiger partial charge in [-0.25, -0.2) is 8.42 Å². The van der Waals surface area contributed by atoms with Gasteiger partial charge in [0.05, 0.1) is 16.1 Å². The summed E-state index contributed by atoms with van der Waals surface area (Å²) in [5, 5.41) is 0. The summed E-state index contributed by atoms with van der Waals surface area (Å²) >= 11 is 0. The average molecular weight is 372 g/mol. The molecular weight excluding hydrogens is 348 g/mol. The Kier molecular flexibility index (Phi) is 6.21. The topological polar surface area (TPSA) is 66.5 Å². The lowest BCUT2D eigenvalue weighted by Gasteiger charge is -2.22. The molecular formula is C20H24N2O3S. The van der Waals surface area contributed by atoms with Crippen molar-refractivity contribution in [2.45, 2.75) is 25.7 Å². The molecule has 0 aromatic heterocycles. The highest BCUT2D eigenvalue weighted by Crippen LogP contribution is 2.22. The van der Waals surface area contributed by atoms with Crippen molar-refractivity contribution in [3.63, 3.8) is 0 Å². The largest absolute Gasteiger partial charge is 0.335 e. The first kappa shape index (κ1) is 19.7. The molecule has 0 aliphatic rings. The number of hydrogen-bond donors (Lipinski definition) is 1. The molecule has 1 N–H and O–H groups in total. The van der Waals surface area contributed by atoms with E-state index in [-0.39, 0.29) is 16.5 Å². The van der Waals surface area contributed by atoms with Crippen LogP contribution in [0, 0.1) is 6.92 Å². The van der Waals surface area contributed by atoms with Crippen molar-refractivity contribution in [2.24, 2.45) is 0 Å². The van der Waals surface area contributed by atoms with Crippen LogP contribution in [0.25, 0.3) is 0 Å². The van der Waals surface area contributed by atoms with Gasteiger partial charge in [0.2, 0.25) is 0 Å². The second kappa shape index (κ2) is 8.19. The number of hydrogen-bond acceptors (Lipinski definition) is 3. The summed E-state index contributed by atoms with van der Waals surface area (Å²) in [5.74, 6) is -0.238. The number of rotatable bonds is 7. The number of nitrogens with one attached hydrogen (secondary N) is 1. The van der Waals surface area contributed by atoms with E-state index in [0.717, 1.165) is 11.1 Å². The smallest absolute Gasteiger partial charge is 0.261 e. The van der Waals surface area contributed by atoms with Crippen LogP contribution in [0.15, 0.2) is 65.6 Å². The fraction of sp³-hybridized carbons (Fsp3) is 0.250. The molecule has 1 amide bonds. The second-order valence-electron chi connectivity index (χ2n) is 6.24. The van der Waals surface area contributed by atoms with Gasteiger partial charge in [-0.1, -0.05) is 42.0 Å². The van der Waals surface area contributed by atoms with E-state index >= 15 is 0 Å². The molecule has 0 atom stereocenters. The van der Waals surface area contributed by atoms with Crippen LogP contribution in [0.5, 0.6) is 0 Å². The van der Waals surface area contributed by atoms with Crippen molar-refractivity contribution in [2.75, 3.05) is 17.8 Å². The van der Waals surface area contributed by atoms with Crippen LogP contribution >= 0.6 is 0 Å². The molecule has 0 aliphatic heterocycles. The van der Waals surface area contributed by atoms with Crippen molar-refractivity contribution in [3.05, 3.63) is 71.8 Å². The van der Waals surface area contributed by atoms with Gasteiger partial charge in [0, 0.05) is 13.1 Å². The van der Waals surface area contributed by atoms with E-state index in [2.05, 4.69) is 11.3 Å². The van der Waals surface area contributed by atoms with Crippen molar-refractivity contribution in [1.29, 1.82) is 0 Å². The SMILES string of the molecule is C=C(C)CN(CC)C(=O)c1ccccc1NS(=O)(=O)c1ccc(C)cc1. The molecule has 0 saturated carbocycles. The Morgan fingerprint density at radius 2 is 1.73 bits per heavy atom. The number of likely N-dealkylation sites (N-methyl/N-ethyl adjacent to an activating group) is 1. The van der Waals surface area contributed by atoms with E-state index in [4.69, 9.17) is 0 Å². The van der Waals surface area contributed by atoms with Gasteiger partial charge in [-0.2, -0.15) is 0 Å². The predicted molar refractivity (Wildman–Crippen MR) is 105 cm³/mol. The highest BCUT2D eigenvalue weighted by Gasteiger charge is 2.21. The third-order valence-corrected chi connectivity index (χ3v) is 5.24. The van der Waals surface area contributed by atoms with Gasteiger partial charge in [-0.15, -0.1) is 0 Å². The number of amides is 1. The maximum Gasteiger partial charge on any atom is 0.261 e. The molecule has 0 radical (unpaired) electrons. The van der Waals surface area contributed by atoms with Crippen LogP contribution in [0.3, 0.4) is 0 Å². The van der Waals surface area contributed by atoms with Crippen LogP contribution in [-0.2, 0) is 10.0 Å². The summed E-state index contributed by atoms with van der Waals surface area (Å²) in [5.41, 5.74) is 2.40. The fourth-order valence-corrected chi connectivity index (χ4v) is 3.58. The van der Waals surface area contributed by atoms with Crippen molar-refractivity contribution in [3.8, 4) is 0 Å². The molecule has 2 rings (SSSR count). The lowest BCUT2D eigenvalue weighted by Crippen LogP contribution is -2.33. The molecule has 5 nitrogen and oxygen atoms in total. The lowest BCUT2D eigenvalue weighted by molar-refractivity contribution is 0.0779. The zero-order valence-electron chi connectivity index (χ0n) is 15.3. The monoisotopic (exact) mass is 372 g/mol. The molecule has 0 fully saturated rings. The van der Waals surface area contributed by atoms with Gasteiger partial charge >= 0.3 is 0 Å².